The van der Waals surface area contributed by atoms with E-state index in [1.54, 1.807) is 24.3 Å². The first-order valence-electron chi connectivity index (χ1n) is 5.94. The molecule has 0 spiro atoms. The molecule has 0 bridgehead atoms. The molecule has 0 aliphatic carbocycles. The molecular weight excluding hydrogens is 262 g/mol. The van der Waals surface area contributed by atoms with E-state index in [-0.39, 0.29) is 5.91 Å². The van der Waals surface area contributed by atoms with Crippen LogP contribution in [0.3, 0.4) is 0 Å². The van der Waals surface area contributed by atoms with E-state index in [1.165, 1.54) is 10.9 Å². The molecule has 0 radical (unpaired) electrons. The molecule has 102 valence electrons. The van der Waals surface area contributed by atoms with Crippen molar-refractivity contribution in [3.05, 3.63) is 36.3 Å². The third-order valence-corrected chi connectivity index (χ3v) is 2.53. The molecule has 0 saturated heterocycles. The molecule has 0 saturated carbocycles. The minimum atomic E-state index is -0.249. The van der Waals surface area contributed by atoms with Crippen molar-refractivity contribution in [2.45, 2.75) is 0 Å². The maximum atomic E-state index is 11.6. The number of carbonyl (C=O) groups is 1. The maximum absolute atomic E-state index is 11.6. The lowest BCUT2D eigenvalue weighted by Crippen LogP contribution is -2.28. The van der Waals surface area contributed by atoms with Crippen LogP contribution in [0.1, 0.15) is 10.6 Å². The molecule has 0 fully saturated rings. The minimum absolute atomic E-state index is 0.249. The molecular formula is C11H11N7O2. The number of rotatable bonds is 5. The van der Waals surface area contributed by atoms with E-state index >= 15 is 0 Å². The minimum Gasteiger partial charge on any atom is -0.459 e. The number of nitrogens with one attached hydrogen (secondary N) is 2. The third kappa shape index (κ3) is 2.55. The highest BCUT2D eigenvalue weighted by molar-refractivity contribution is 5.91. The summed E-state index contributed by atoms with van der Waals surface area (Å²) in [5.74, 6) is 0.663. The molecule has 0 aromatic carbocycles. The Morgan fingerprint density at radius 3 is 3.10 bits per heavy atom. The second-order valence-corrected chi connectivity index (χ2v) is 3.91. The van der Waals surface area contributed by atoms with Gasteiger partial charge in [-0.3, -0.25) is 4.79 Å². The highest BCUT2D eigenvalue weighted by Crippen LogP contribution is 2.02. The molecule has 9 heteroatoms. The fraction of sp³-hybridized carbons (Fsp3) is 0.182. The first-order valence-corrected chi connectivity index (χ1v) is 5.94. The molecule has 0 atom stereocenters. The molecule has 0 aliphatic rings. The summed E-state index contributed by atoms with van der Waals surface area (Å²) >= 11 is 0. The Morgan fingerprint density at radius 2 is 2.25 bits per heavy atom. The number of hydrogen-bond donors (Lipinski definition) is 2. The maximum Gasteiger partial charge on any atom is 0.287 e. The van der Waals surface area contributed by atoms with Gasteiger partial charge in [0, 0.05) is 13.1 Å². The van der Waals surface area contributed by atoms with Gasteiger partial charge in [0.25, 0.3) is 5.91 Å². The Balaban J connectivity index is 1.49. The molecule has 3 rings (SSSR count). The van der Waals surface area contributed by atoms with Crippen LogP contribution in [-0.2, 0) is 0 Å². The lowest BCUT2D eigenvalue weighted by Gasteiger charge is -2.05. The third-order valence-electron chi connectivity index (χ3n) is 2.53. The normalized spacial score (nSPS) is 10.6. The zero-order valence-electron chi connectivity index (χ0n) is 10.4. The molecule has 3 aromatic rings. The van der Waals surface area contributed by atoms with E-state index in [0.717, 1.165) is 0 Å². The van der Waals surface area contributed by atoms with Crippen LogP contribution in [0.4, 0.5) is 5.82 Å². The zero-order chi connectivity index (χ0) is 13.8. The average molecular weight is 273 g/mol. The average Bonchev–Trinajstić information content (AvgIpc) is 3.13. The topological polar surface area (TPSA) is 110 Å². The van der Waals surface area contributed by atoms with Gasteiger partial charge in [-0.15, -0.1) is 14.8 Å². The smallest absolute Gasteiger partial charge is 0.287 e. The Labute approximate surface area is 113 Å². The van der Waals surface area contributed by atoms with Gasteiger partial charge in [0.1, 0.15) is 5.82 Å². The molecule has 0 unspecified atom stereocenters. The van der Waals surface area contributed by atoms with Crippen molar-refractivity contribution in [3.8, 4) is 0 Å². The summed E-state index contributed by atoms with van der Waals surface area (Å²) in [7, 11) is 0. The number of hydrogen-bond acceptors (Lipinski definition) is 7. The number of tetrazole rings is 1. The molecule has 0 aliphatic heterocycles. The number of carbonyl (C=O) groups excluding carboxylic acids is 1. The molecule has 2 N–H and O–H groups in total. The van der Waals surface area contributed by atoms with Crippen LogP contribution in [0.25, 0.3) is 5.65 Å². The molecule has 1 amide bonds. The Morgan fingerprint density at radius 1 is 1.30 bits per heavy atom. The van der Waals surface area contributed by atoms with Crippen LogP contribution >= 0.6 is 0 Å². The summed E-state index contributed by atoms with van der Waals surface area (Å²) in [6.45, 7) is 0.960. The molecule has 9 nitrogen and oxygen atoms in total. The largest absolute Gasteiger partial charge is 0.459 e. The summed E-state index contributed by atoms with van der Waals surface area (Å²) in [5, 5.41) is 20.9. The van der Waals surface area contributed by atoms with Crippen molar-refractivity contribution >= 4 is 17.4 Å². The first kappa shape index (κ1) is 12.1. The number of furan rings is 1. The van der Waals surface area contributed by atoms with Crippen molar-refractivity contribution in [1.29, 1.82) is 0 Å². The SMILES string of the molecule is O=C(NCCNc1ccc2nnnn2n1)c1ccco1. The highest BCUT2D eigenvalue weighted by atomic mass is 16.3. The first-order chi connectivity index (χ1) is 9.83. The second-order valence-electron chi connectivity index (χ2n) is 3.91. The number of amides is 1. The summed E-state index contributed by atoms with van der Waals surface area (Å²) in [5.41, 5.74) is 0.571. The molecule has 3 heterocycles. The van der Waals surface area contributed by atoms with Crippen LogP contribution in [0.2, 0.25) is 0 Å². The van der Waals surface area contributed by atoms with E-state index in [1.807, 2.05) is 0 Å². The van der Waals surface area contributed by atoms with Gasteiger partial charge in [-0.25, -0.2) is 0 Å². The van der Waals surface area contributed by atoms with E-state index in [4.69, 9.17) is 4.42 Å². The summed E-state index contributed by atoms with van der Waals surface area (Å²) in [6.07, 6.45) is 1.46. The van der Waals surface area contributed by atoms with Crippen LogP contribution in [0.15, 0.2) is 34.9 Å². The van der Waals surface area contributed by atoms with E-state index in [0.29, 0.717) is 30.3 Å². The van der Waals surface area contributed by atoms with Crippen molar-refractivity contribution in [2.75, 3.05) is 18.4 Å². The fourth-order valence-electron chi connectivity index (χ4n) is 1.61. The van der Waals surface area contributed by atoms with Crippen LogP contribution in [0, 0.1) is 0 Å². The standard InChI is InChI=1S/C11H11N7O2/c19-11(8-2-1-7-20-8)13-6-5-12-9-3-4-10-14-16-17-18(10)15-9/h1-4,7H,5-6H2,(H,12,15)(H,13,19). The summed E-state index contributed by atoms with van der Waals surface area (Å²) < 4.78 is 6.30. The quantitative estimate of drug-likeness (QED) is 0.627. The number of nitrogens with zero attached hydrogens (tertiary/aromatic N) is 5. The Kier molecular flexibility index (Phi) is 3.23. The Bertz CT molecular complexity index is 706. The van der Waals surface area contributed by atoms with Gasteiger partial charge in [-0.05, 0) is 34.7 Å². The van der Waals surface area contributed by atoms with Gasteiger partial charge in [-0.2, -0.15) is 0 Å². The number of aromatic nitrogens is 5. The predicted molar refractivity (Wildman–Crippen MR) is 68.1 cm³/mol. The molecule has 20 heavy (non-hydrogen) atoms. The van der Waals surface area contributed by atoms with E-state index in [9.17, 15) is 4.79 Å². The van der Waals surface area contributed by atoms with Crippen LogP contribution in [0.5, 0.6) is 0 Å². The lowest BCUT2D eigenvalue weighted by atomic mass is 10.4. The van der Waals surface area contributed by atoms with E-state index in [2.05, 4.69) is 31.3 Å². The second kappa shape index (κ2) is 5.34. The predicted octanol–water partition coefficient (Wildman–Crippen LogP) is -0.0458. The highest BCUT2D eigenvalue weighted by Gasteiger charge is 2.06. The van der Waals surface area contributed by atoms with Crippen LogP contribution < -0.4 is 10.6 Å². The van der Waals surface area contributed by atoms with Gasteiger partial charge in [0.2, 0.25) is 0 Å². The van der Waals surface area contributed by atoms with Gasteiger partial charge in [0.15, 0.2) is 11.4 Å². The number of fused-ring (bicyclic) bond motifs is 1. The number of anilines is 1. The van der Waals surface area contributed by atoms with Crippen molar-refractivity contribution in [2.24, 2.45) is 0 Å². The van der Waals surface area contributed by atoms with Gasteiger partial charge in [0.05, 0.1) is 6.26 Å². The summed E-state index contributed by atoms with van der Waals surface area (Å²) in [6, 6.07) is 6.78. The lowest BCUT2D eigenvalue weighted by molar-refractivity contribution is 0.0927. The fourth-order valence-corrected chi connectivity index (χ4v) is 1.61. The van der Waals surface area contributed by atoms with Gasteiger partial charge >= 0.3 is 0 Å². The zero-order valence-corrected chi connectivity index (χ0v) is 10.4. The monoisotopic (exact) mass is 273 g/mol. The molecule has 3 aromatic heterocycles. The van der Waals surface area contributed by atoms with Crippen molar-refractivity contribution in [3.63, 3.8) is 0 Å². The van der Waals surface area contributed by atoms with Crippen molar-refractivity contribution in [1.82, 2.24) is 30.6 Å². The van der Waals surface area contributed by atoms with Crippen molar-refractivity contribution < 1.29 is 9.21 Å². The van der Waals surface area contributed by atoms with Gasteiger partial charge < -0.3 is 15.1 Å². The summed E-state index contributed by atoms with van der Waals surface area (Å²) in [4.78, 5) is 11.6. The van der Waals surface area contributed by atoms with Gasteiger partial charge in [-0.1, -0.05) is 0 Å². The van der Waals surface area contributed by atoms with E-state index < -0.39 is 0 Å². The Hall–Kier alpha value is -2.97. The van der Waals surface area contributed by atoms with Crippen LogP contribution in [-0.4, -0.2) is 44.3 Å².